The number of hydrogen-bond acceptors (Lipinski definition) is 6. The maximum Gasteiger partial charge on any atom is 0.253 e. The molecule has 5 rings (SSSR count). The number of aromatic nitrogens is 2. The average molecular weight is 409 g/mol. The smallest absolute Gasteiger partial charge is 0.253 e. The third-order valence-corrected chi connectivity index (χ3v) is 6.74. The van der Waals surface area contributed by atoms with Gasteiger partial charge in [-0.05, 0) is 62.1 Å². The van der Waals surface area contributed by atoms with Crippen molar-refractivity contribution in [3.05, 3.63) is 48.2 Å². The lowest BCUT2D eigenvalue weighted by atomic mass is 10.1. The van der Waals surface area contributed by atoms with Crippen LogP contribution in [0, 0.1) is 0 Å². The molecule has 2 fully saturated rings. The van der Waals surface area contributed by atoms with Gasteiger partial charge in [-0.1, -0.05) is 11.3 Å². The van der Waals surface area contributed by atoms with Crippen LogP contribution in [-0.2, 0) is 0 Å². The molecule has 0 spiro atoms. The zero-order chi connectivity index (χ0) is 19.6. The van der Waals surface area contributed by atoms with Gasteiger partial charge >= 0.3 is 0 Å². The van der Waals surface area contributed by atoms with Gasteiger partial charge in [-0.2, -0.15) is 0 Å². The van der Waals surface area contributed by atoms with Crippen LogP contribution in [0.4, 0.5) is 5.13 Å². The first-order chi connectivity index (χ1) is 14.3. The molecule has 7 heteroatoms. The molecule has 0 radical (unpaired) electrons. The summed E-state index contributed by atoms with van der Waals surface area (Å²) in [6, 6.07) is 11.5. The summed E-state index contributed by atoms with van der Waals surface area (Å²) in [5, 5.41) is 0.985. The molecule has 150 valence electrons. The Labute approximate surface area is 174 Å². The third-order valence-electron chi connectivity index (χ3n) is 5.70. The van der Waals surface area contributed by atoms with Crippen LogP contribution in [0.25, 0.3) is 10.3 Å². The molecule has 0 N–H and O–H groups in total. The first-order valence-electron chi connectivity index (χ1n) is 10.3. The molecule has 1 amide bonds. The number of rotatable bonds is 4. The maximum atomic E-state index is 12.9. The van der Waals surface area contributed by atoms with Gasteiger partial charge in [0.25, 0.3) is 5.91 Å². The molecule has 0 bridgehead atoms. The normalized spacial score (nSPS) is 17.8. The highest BCUT2D eigenvalue weighted by atomic mass is 32.1. The van der Waals surface area contributed by atoms with E-state index in [0.717, 1.165) is 52.7 Å². The van der Waals surface area contributed by atoms with Crippen LogP contribution < -0.4 is 9.64 Å². The lowest BCUT2D eigenvalue weighted by Gasteiger charge is -2.34. The molecular formula is C22H24N4O2S. The van der Waals surface area contributed by atoms with Crippen molar-refractivity contribution >= 4 is 32.7 Å². The van der Waals surface area contributed by atoms with Crippen molar-refractivity contribution in [3.8, 4) is 5.75 Å². The largest absolute Gasteiger partial charge is 0.490 e. The molecule has 0 unspecified atom stereocenters. The monoisotopic (exact) mass is 408 g/mol. The number of carbonyl (C=O) groups is 1. The highest BCUT2D eigenvalue weighted by molar-refractivity contribution is 7.21. The third kappa shape index (κ3) is 3.92. The number of benzene rings is 1. The fourth-order valence-corrected chi connectivity index (χ4v) is 5.01. The van der Waals surface area contributed by atoms with E-state index < -0.39 is 0 Å². The standard InChI is InChI=1S/C22H24N4O2S/c27-21(16-7-9-18(10-8-16)28-17-4-1-2-5-17)25-12-14-26(15-13-25)22-24-19-6-3-11-23-20(19)29-22/h3,6-11,17H,1-2,4-5,12-15H2. The molecule has 3 aromatic rings. The van der Waals surface area contributed by atoms with Gasteiger partial charge in [0.2, 0.25) is 0 Å². The highest BCUT2D eigenvalue weighted by Gasteiger charge is 2.24. The number of thiazole rings is 1. The summed E-state index contributed by atoms with van der Waals surface area (Å²) in [5.74, 6) is 0.950. The number of hydrogen-bond donors (Lipinski definition) is 0. The summed E-state index contributed by atoms with van der Waals surface area (Å²) in [6.45, 7) is 2.97. The van der Waals surface area contributed by atoms with E-state index in [1.165, 1.54) is 12.8 Å². The second-order valence-electron chi connectivity index (χ2n) is 7.65. The van der Waals surface area contributed by atoms with Gasteiger partial charge < -0.3 is 14.5 Å². The molecular weight excluding hydrogens is 384 g/mol. The van der Waals surface area contributed by atoms with Crippen molar-refractivity contribution in [2.75, 3.05) is 31.1 Å². The molecule has 2 aliphatic rings. The maximum absolute atomic E-state index is 12.9. The number of amides is 1. The Morgan fingerprint density at radius 2 is 1.79 bits per heavy atom. The minimum absolute atomic E-state index is 0.0861. The van der Waals surface area contributed by atoms with Crippen LogP contribution in [0.2, 0.25) is 0 Å². The van der Waals surface area contributed by atoms with Crippen LogP contribution in [-0.4, -0.2) is 53.1 Å². The van der Waals surface area contributed by atoms with E-state index in [9.17, 15) is 4.79 Å². The van der Waals surface area contributed by atoms with Crippen molar-refractivity contribution in [3.63, 3.8) is 0 Å². The van der Waals surface area contributed by atoms with Crippen LogP contribution in [0.5, 0.6) is 5.75 Å². The predicted octanol–water partition coefficient (Wildman–Crippen LogP) is 3.98. The quantitative estimate of drug-likeness (QED) is 0.654. The number of nitrogens with zero attached hydrogens (tertiary/aromatic N) is 4. The van der Waals surface area contributed by atoms with Gasteiger partial charge in [0, 0.05) is 37.9 Å². The van der Waals surface area contributed by atoms with Crippen LogP contribution in [0.15, 0.2) is 42.6 Å². The lowest BCUT2D eigenvalue weighted by Crippen LogP contribution is -2.48. The molecule has 1 saturated heterocycles. The minimum Gasteiger partial charge on any atom is -0.490 e. The lowest BCUT2D eigenvalue weighted by molar-refractivity contribution is 0.0746. The van der Waals surface area contributed by atoms with E-state index in [1.807, 2.05) is 41.3 Å². The van der Waals surface area contributed by atoms with Crippen LogP contribution in [0.3, 0.4) is 0 Å². The van der Waals surface area contributed by atoms with E-state index >= 15 is 0 Å². The zero-order valence-electron chi connectivity index (χ0n) is 16.3. The summed E-state index contributed by atoms with van der Waals surface area (Å²) in [6.07, 6.45) is 6.90. The number of ether oxygens (including phenoxy) is 1. The Bertz CT molecular complexity index is 956. The summed E-state index contributed by atoms with van der Waals surface area (Å²) in [5.41, 5.74) is 1.66. The Morgan fingerprint density at radius 1 is 1.03 bits per heavy atom. The van der Waals surface area contributed by atoms with Gasteiger partial charge in [0.05, 0.1) is 6.10 Å². The second-order valence-corrected chi connectivity index (χ2v) is 8.61. The Kier molecular flexibility index (Phi) is 5.06. The van der Waals surface area contributed by atoms with E-state index in [4.69, 9.17) is 4.74 Å². The van der Waals surface area contributed by atoms with E-state index in [0.29, 0.717) is 19.2 Å². The van der Waals surface area contributed by atoms with Crippen LogP contribution in [0.1, 0.15) is 36.0 Å². The van der Waals surface area contributed by atoms with E-state index in [-0.39, 0.29) is 5.91 Å². The summed E-state index contributed by atoms with van der Waals surface area (Å²) < 4.78 is 6.00. The van der Waals surface area contributed by atoms with Gasteiger partial charge in [-0.15, -0.1) is 0 Å². The van der Waals surface area contributed by atoms with Crippen molar-refractivity contribution in [1.29, 1.82) is 0 Å². The summed E-state index contributed by atoms with van der Waals surface area (Å²) >= 11 is 1.61. The highest BCUT2D eigenvalue weighted by Crippen LogP contribution is 2.28. The van der Waals surface area contributed by atoms with Crippen molar-refractivity contribution in [2.24, 2.45) is 0 Å². The first-order valence-corrected chi connectivity index (χ1v) is 11.1. The van der Waals surface area contributed by atoms with Gasteiger partial charge in [-0.3, -0.25) is 4.79 Å². The van der Waals surface area contributed by atoms with E-state index in [2.05, 4.69) is 14.9 Å². The molecule has 2 aromatic heterocycles. The van der Waals surface area contributed by atoms with Crippen molar-refractivity contribution in [2.45, 2.75) is 31.8 Å². The summed E-state index contributed by atoms with van der Waals surface area (Å²) in [4.78, 5) is 27.1. The first kappa shape index (κ1) is 18.4. The molecule has 1 aromatic carbocycles. The SMILES string of the molecule is O=C(c1ccc(OC2CCCC2)cc1)N1CCN(c2nc3cccnc3s2)CC1. The molecule has 1 aliphatic heterocycles. The topological polar surface area (TPSA) is 58.6 Å². The van der Waals surface area contributed by atoms with Crippen molar-refractivity contribution < 1.29 is 9.53 Å². The van der Waals surface area contributed by atoms with E-state index in [1.54, 1.807) is 17.5 Å². The van der Waals surface area contributed by atoms with Crippen molar-refractivity contribution in [1.82, 2.24) is 14.9 Å². The van der Waals surface area contributed by atoms with Gasteiger partial charge in [-0.25, -0.2) is 9.97 Å². The average Bonchev–Trinajstić information content (AvgIpc) is 3.43. The minimum atomic E-state index is 0.0861. The Hall–Kier alpha value is -2.67. The number of anilines is 1. The number of piperazine rings is 1. The number of fused-ring (bicyclic) bond motifs is 1. The zero-order valence-corrected chi connectivity index (χ0v) is 17.1. The number of carbonyl (C=O) groups excluding carboxylic acids is 1. The van der Waals surface area contributed by atoms with Gasteiger partial charge in [0.15, 0.2) is 5.13 Å². The summed E-state index contributed by atoms with van der Waals surface area (Å²) in [7, 11) is 0. The Balaban J connectivity index is 1.19. The fraction of sp³-hybridized carbons (Fsp3) is 0.409. The molecule has 0 atom stereocenters. The molecule has 29 heavy (non-hydrogen) atoms. The molecule has 3 heterocycles. The molecule has 1 saturated carbocycles. The number of pyridine rings is 1. The molecule has 6 nitrogen and oxygen atoms in total. The van der Waals surface area contributed by atoms with Crippen LogP contribution >= 0.6 is 11.3 Å². The fourth-order valence-electron chi connectivity index (χ4n) is 4.05. The predicted molar refractivity (Wildman–Crippen MR) is 115 cm³/mol. The Morgan fingerprint density at radius 3 is 2.52 bits per heavy atom. The second kappa shape index (κ2) is 7.99. The molecule has 1 aliphatic carbocycles. The van der Waals surface area contributed by atoms with Gasteiger partial charge in [0.1, 0.15) is 16.1 Å².